The molecule has 0 saturated carbocycles. The molecule has 0 heterocycles. The van der Waals surface area contributed by atoms with Gasteiger partial charge in [-0.05, 0) is 66.5 Å². The van der Waals surface area contributed by atoms with Crippen molar-refractivity contribution in [3.8, 4) is 11.5 Å². The third-order valence-corrected chi connectivity index (χ3v) is 4.88. The third-order valence-electron chi connectivity index (χ3n) is 3.72. The van der Waals surface area contributed by atoms with Gasteiger partial charge in [0.1, 0.15) is 11.5 Å². The number of carbonyl (C=O) groups is 1. The number of hydrogen-bond donors (Lipinski definition) is 0. The summed E-state index contributed by atoms with van der Waals surface area (Å²) in [6.45, 7) is 11.1. The van der Waals surface area contributed by atoms with Crippen LogP contribution in [0.3, 0.4) is 0 Å². The highest BCUT2D eigenvalue weighted by Crippen LogP contribution is 2.30. The molecule has 2 aromatic carbocycles. The summed E-state index contributed by atoms with van der Waals surface area (Å²) in [6, 6.07) is 9.83. The van der Waals surface area contributed by atoms with E-state index in [9.17, 15) is 4.79 Å². The van der Waals surface area contributed by atoms with Gasteiger partial charge in [-0.3, -0.25) is 4.79 Å². The van der Waals surface area contributed by atoms with Crippen LogP contribution in [0.1, 0.15) is 40.9 Å². The Morgan fingerprint density at radius 2 is 1.58 bits per heavy atom. The lowest BCUT2D eigenvalue weighted by molar-refractivity contribution is 0.108. The highest BCUT2D eigenvalue weighted by molar-refractivity contribution is 7.66. The van der Waals surface area contributed by atoms with Crippen molar-refractivity contribution in [3.05, 3.63) is 52.6 Å². The molecule has 1 unspecified atom stereocenters. The Kier molecular flexibility index (Phi) is 6.39. The highest BCUT2D eigenvalue weighted by Gasteiger charge is 2.16. The van der Waals surface area contributed by atoms with Crippen molar-refractivity contribution < 1.29 is 14.3 Å². The van der Waals surface area contributed by atoms with Gasteiger partial charge in [0, 0.05) is 16.9 Å². The summed E-state index contributed by atoms with van der Waals surface area (Å²) in [5, 5.41) is 0.921. The molecule has 0 saturated heterocycles. The van der Waals surface area contributed by atoms with E-state index in [0.29, 0.717) is 13.2 Å². The van der Waals surface area contributed by atoms with Gasteiger partial charge >= 0.3 is 0 Å². The van der Waals surface area contributed by atoms with Crippen molar-refractivity contribution in [1.82, 2.24) is 0 Å². The normalized spacial score (nSPS) is 11.0. The first kappa shape index (κ1) is 18.5. The Morgan fingerprint density at radius 3 is 2.17 bits per heavy atom. The van der Waals surface area contributed by atoms with Crippen molar-refractivity contribution in [2.45, 2.75) is 34.6 Å². The summed E-state index contributed by atoms with van der Waals surface area (Å²) in [7, 11) is 0.0329. The molecular weight excluding hydrogens is 319 g/mol. The fourth-order valence-corrected chi connectivity index (χ4v) is 4.06. The van der Waals surface area contributed by atoms with Crippen molar-refractivity contribution in [3.63, 3.8) is 0 Å². The zero-order valence-corrected chi connectivity index (χ0v) is 16.0. The number of benzene rings is 2. The highest BCUT2D eigenvalue weighted by atomic mass is 31.1. The Morgan fingerprint density at radius 1 is 0.958 bits per heavy atom. The molecule has 0 spiro atoms. The van der Waals surface area contributed by atoms with Gasteiger partial charge < -0.3 is 9.47 Å². The lowest BCUT2D eigenvalue weighted by Gasteiger charge is -2.14. The minimum Gasteiger partial charge on any atom is -0.494 e. The van der Waals surface area contributed by atoms with E-state index >= 15 is 0 Å². The van der Waals surface area contributed by atoms with E-state index in [1.54, 1.807) is 0 Å². The molecule has 0 N–H and O–H groups in total. The van der Waals surface area contributed by atoms with Crippen LogP contribution in [0.4, 0.5) is 0 Å². The molecule has 0 amide bonds. The van der Waals surface area contributed by atoms with Crippen LogP contribution in [0.25, 0.3) is 0 Å². The summed E-state index contributed by atoms with van der Waals surface area (Å²) >= 11 is 0. The maximum atomic E-state index is 12.9. The number of carbonyl (C=O) groups excluding carboxylic acids is 1. The topological polar surface area (TPSA) is 35.5 Å². The number of ether oxygens (including phenoxy) is 2. The molecule has 3 nitrogen and oxygen atoms in total. The summed E-state index contributed by atoms with van der Waals surface area (Å²) in [5.74, 6) is 1.50. The van der Waals surface area contributed by atoms with Crippen molar-refractivity contribution in [2.24, 2.45) is 0 Å². The minimum absolute atomic E-state index is 0.0329. The van der Waals surface area contributed by atoms with Crippen LogP contribution in [0, 0.1) is 20.8 Å². The van der Waals surface area contributed by atoms with E-state index in [1.807, 2.05) is 45.9 Å². The molecule has 0 radical (unpaired) electrons. The zero-order valence-electron chi connectivity index (χ0n) is 15.0. The Labute approximate surface area is 146 Å². The molecule has 0 aromatic heterocycles. The molecule has 0 aliphatic carbocycles. The summed E-state index contributed by atoms with van der Waals surface area (Å²) < 4.78 is 11.2. The molecule has 2 aromatic rings. The first-order chi connectivity index (χ1) is 11.5. The van der Waals surface area contributed by atoms with Gasteiger partial charge in [-0.2, -0.15) is 0 Å². The maximum Gasteiger partial charge on any atom is 0.186 e. The molecule has 0 fully saturated rings. The van der Waals surface area contributed by atoms with Gasteiger partial charge in [-0.25, -0.2) is 0 Å². The smallest absolute Gasteiger partial charge is 0.186 e. The van der Waals surface area contributed by atoms with Gasteiger partial charge in [0.2, 0.25) is 0 Å². The fraction of sp³-hybridized carbons (Fsp3) is 0.350. The predicted octanol–water partition coefficient (Wildman–Crippen LogP) is 4.55. The van der Waals surface area contributed by atoms with Crippen LogP contribution in [-0.4, -0.2) is 18.7 Å². The van der Waals surface area contributed by atoms with Crippen LogP contribution in [0.5, 0.6) is 11.5 Å². The van der Waals surface area contributed by atoms with E-state index in [0.717, 1.165) is 33.5 Å². The van der Waals surface area contributed by atoms with Gasteiger partial charge in [-0.1, -0.05) is 17.7 Å². The standard InChI is InChI=1S/C20H25O3P/c1-6-22-16-8-9-18(17(12-16)23-7-2)24-20(21)19-14(4)10-13(3)11-15(19)5/h8-12,24H,6-7H2,1-5H3. The number of aryl methyl sites for hydroxylation is 3. The number of hydrogen-bond acceptors (Lipinski definition) is 3. The van der Waals surface area contributed by atoms with Gasteiger partial charge in [-0.15, -0.1) is 0 Å². The van der Waals surface area contributed by atoms with Crippen LogP contribution in [-0.2, 0) is 0 Å². The van der Waals surface area contributed by atoms with E-state index < -0.39 is 0 Å². The maximum absolute atomic E-state index is 12.9. The summed E-state index contributed by atoms with van der Waals surface area (Å²) in [4.78, 5) is 12.9. The monoisotopic (exact) mass is 344 g/mol. The average Bonchev–Trinajstić information content (AvgIpc) is 2.49. The number of rotatable bonds is 7. The zero-order chi connectivity index (χ0) is 17.7. The second-order valence-electron chi connectivity index (χ2n) is 5.75. The Bertz CT molecular complexity index is 715. The molecule has 0 bridgehead atoms. The van der Waals surface area contributed by atoms with Crippen LogP contribution >= 0.6 is 8.58 Å². The summed E-state index contributed by atoms with van der Waals surface area (Å²) in [5.41, 5.74) is 4.23. The SMILES string of the molecule is CCOc1ccc(PC(=O)c2c(C)cc(C)cc2C)c(OCC)c1. The first-order valence-electron chi connectivity index (χ1n) is 8.25. The van der Waals surface area contributed by atoms with Crippen LogP contribution in [0.2, 0.25) is 0 Å². The van der Waals surface area contributed by atoms with E-state index in [2.05, 4.69) is 19.1 Å². The second-order valence-corrected chi connectivity index (χ2v) is 6.99. The quantitative estimate of drug-likeness (QED) is 0.691. The van der Waals surface area contributed by atoms with Crippen molar-refractivity contribution in [1.29, 1.82) is 0 Å². The van der Waals surface area contributed by atoms with Crippen LogP contribution in [0.15, 0.2) is 30.3 Å². The van der Waals surface area contributed by atoms with Gasteiger partial charge in [0.05, 0.1) is 13.2 Å². The van der Waals surface area contributed by atoms with Crippen LogP contribution < -0.4 is 14.8 Å². The van der Waals surface area contributed by atoms with E-state index in [4.69, 9.17) is 9.47 Å². The lowest BCUT2D eigenvalue weighted by atomic mass is 10.0. The fourth-order valence-electron chi connectivity index (χ4n) is 2.86. The largest absolute Gasteiger partial charge is 0.494 e. The summed E-state index contributed by atoms with van der Waals surface area (Å²) in [6.07, 6.45) is 0. The van der Waals surface area contributed by atoms with Gasteiger partial charge in [0.25, 0.3) is 0 Å². The first-order valence-corrected chi connectivity index (χ1v) is 9.25. The van der Waals surface area contributed by atoms with Crippen molar-refractivity contribution >= 4 is 19.4 Å². The average molecular weight is 344 g/mol. The lowest BCUT2D eigenvalue weighted by Crippen LogP contribution is -2.09. The molecule has 0 aliphatic rings. The molecular formula is C20H25O3P. The van der Waals surface area contributed by atoms with E-state index in [1.165, 1.54) is 5.56 Å². The predicted molar refractivity (Wildman–Crippen MR) is 102 cm³/mol. The van der Waals surface area contributed by atoms with Gasteiger partial charge in [0.15, 0.2) is 5.52 Å². The molecule has 1 atom stereocenters. The minimum atomic E-state index is 0.0329. The molecule has 2 rings (SSSR count). The second kappa shape index (κ2) is 8.30. The Balaban J connectivity index is 2.31. The molecule has 0 aliphatic heterocycles. The molecule has 24 heavy (non-hydrogen) atoms. The third kappa shape index (κ3) is 4.36. The molecule has 128 valence electrons. The Hall–Kier alpha value is -1.86. The van der Waals surface area contributed by atoms with Crippen molar-refractivity contribution in [2.75, 3.05) is 13.2 Å². The molecule has 4 heteroatoms. The van der Waals surface area contributed by atoms with E-state index in [-0.39, 0.29) is 14.1 Å².